The Labute approximate surface area is 192 Å². The number of fused-ring (bicyclic) bond motifs is 1. The van der Waals surface area contributed by atoms with E-state index in [1.807, 2.05) is 30.3 Å². The highest BCUT2D eigenvalue weighted by molar-refractivity contribution is 6.22. The van der Waals surface area contributed by atoms with Crippen LogP contribution in [0.4, 0.5) is 11.4 Å². The third kappa shape index (κ3) is 3.92. The van der Waals surface area contributed by atoms with Crippen LogP contribution in [0.3, 0.4) is 0 Å². The summed E-state index contributed by atoms with van der Waals surface area (Å²) in [6.07, 6.45) is 2.57. The molecule has 2 aliphatic heterocycles. The van der Waals surface area contributed by atoms with Crippen molar-refractivity contribution in [2.24, 2.45) is 23.7 Å². The van der Waals surface area contributed by atoms with Crippen LogP contribution in [-0.4, -0.2) is 30.2 Å². The lowest BCUT2D eigenvalue weighted by atomic mass is 9.76. The molecule has 1 saturated carbocycles. The Hall–Kier alpha value is -3.48. The van der Waals surface area contributed by atoms with Crippen molar-refractivity contribution in [2.45, 2.75) is 32.6 Å². The van der Waals surface area contributed by atoms with Crippen molar-refractivity contribution in [1.82, 2.24) is 0 Å². The summed E-state index contributed by atoms with van der Waals surface area (Å²) < 4.78 is 5.50. The van der Waals surface area contributed by atoms with E-state index in [2.05, 4.69) is 6.92 Å². The number of hydrogen-bond donors (Lipinski definition) is 0. The first-order valence-corrected chi connectivity index (χ1v) is 11.5. The summed E-state index contributed by atoms with van der Waals surface area (Å²) in [5, 5.41) is 0. The van der Waals surface area contributed by atoms with Crippen LogP contribution in [0.2, 0.25) is 0 Å². The lowest BCUT2D eigenvalue weighted by molar-refractivity contribution is -0.139. The van der Waals surface area contributed by atoms with Crippen molar-refractivity contribution in [3.63, 3.8) is 0 Å². The molecule has 3 fully saturated rings. The molecule has 1 aliphatic carbocycles. The van der Waals surface area contributed by atoms with Crippen LogP contribution in [0.1, 0.15) is 32.6 Å². The predicted octanol–water partition coefficient (Wildman–Crippen LogP) is 3.57. The fourth-order valence-corrected chi connectivity index (χ4v) is 5.23. The fraction of sp³-hybridized carbons (Fsp3) is 0.385. The number of amides is 3. The van der Waals surface area contributed by atoms with Crippen molar-refractivity contribution in [3.8, 4) is 5.75 Å². The number of ether oxygens (including phenoxy) is 1. The standard InChI is InChI=1S/C26H26N2O5/c1-16-7-12-21-22(13-16)25(31)28(24(21)30)19-8-10-20(11-9-19)33-26(32)17-14-23(29)27(15-17)18-5-3-2-4-6-18/h2-6,8-11,16-17,21-22H,7,12-15H2,1H3/t16-,17+,21+,22+/m0/s1. The highest BCUT2D eigenvalue weighted by Gasteiger charge is 2.50. The summed E-state index contributed by atoms with van der Waals surface area (Å²) in [6.45, 7) is 2.40. The largest absolute Gasteiger partial charge is 0.426 e. The van der Waals surface area contributed by atoms with E-state index >= 15 is 0 Å². The Bertz CT molecular complexity index is 1100. The molecule has 0 aromatic heterocycles. The molecular weight excluding hydrogens is 420 g/mol. The molecule has 0 bridgehead atoms. The van der Waals surface area contributed by atoms with Gasteiger partial charge in [0.2, 0.25) is 17.7 Å². The maximum Gasteiger partial charge on any atom is 0.316 e. The lowest BCUT2D eigenvalue weighted by Gasteiger charge is -2.25. The van der Waals surface area contributed by atoms with E-state index < -0.39 is 11.9 Å². The van der Waals surface area contributed by atoms with Crippen LogP contribution < -0.4 is 14.5 Å². The number of nitrogens with zero attached hydrogens (tertiary/aromatic N) is 2. The topological polar surface area (TPSA) is 84.0 Å². The summed E-state index contributed by atoms with van der Waals surface area (Å²) in [6, 6.07) is 15.7. The van der Waals surface area contributed by atoms with E-state index in [1.54, 1.807) is 29.2 Å². The van der Waals surface area contributed by atoms with Crippen LogP contribution in [0.5, 0.6) is 5.75 Å². The molecule has 3 aliphatic rings. The Kier molecular flexibility index (Phi) is 5.48. The van der Waals surface area contributed by atoms with Crippen molar-refractivity contribution in [1.29, 1.82) is 0 Å². The Morgan fingerprint density at radius 2 is 1.58 bits per heavy atom. The van der Waals surface area contributed by atoms with Gasteiger partial charge in [0.1, 0.15) is 5.75 Å². The van der Waals surface area contributed by atoms with Gasteiger partial charge in [-0.3, -0.25) is 24.1 Å². The van der Waals surface area contributed by atoms with Gasteiger partial charge in [-0.2, -0.15) is 0 Å². The van der Waals surface area contributed by atoms with E-state index in [9.17, 15) is 19.2 Å². The molecule has 2 aromatic rings. The van der Waals surface area contributed by atoms with Crippen molar-refractivity contribution < 1.29 is 23.9 Å². The first-order valence-electron chi connectivity index (χ1n) is 11.5. The van der Waals surface area contributed by atoms with Gasteiger partial charge >= 0.3 is 5.97 Å². The number of rotatable bonds is 4. The van der Waals surface area contributed by atoms with Crippen LogP contribution in [0.25, 0.3) is 0 Å². The van der Waals surface area contributed by atoms with Crippen LogP contribution in [0, 0.1) is 23.7 Å². The van der Waals surface area contributed by atoms with Gasteiger partial charge in [-0.25, -0.2) is 0 Å². The van der Waals surface area contributed by atoms with Crippen LogP contribution in [0.15, 0.2) is 54.6 Å². The number of anilines is 2. The summed E-state index contributed by atoms with van der Waals surface area (Å²) in [5.74, 6) is -1.08. The Morgan fingerprint density at radius 3 is 2.30 bits per heavy atom. The summed E-state index contributed by atoms with van der Waals surface area (Å²) in [5.41, 5.74) is 1.26. The zero-order valence-corrected chi connectivity index (χ0v) is 18.5. The quantitative estimate of drug-likeness (QED) is 0.407. The van der Waals surface area contributed by atoms with Crippen molar-refractivity contribution in [3.05, 3.63) is 54.6 Å². The van der Waals surface area contributed by atoms with E-state index in [0.717, 1.165) is 24.9 Å². The average Bonchev–Trinajstić information content (AvgIpc) is 3.32. The van der Waals surface area contributed by atoms with Gasteiger partial charge in [0.25, 0.3) is 0 Å². The van der Waals surface area contributed by atoms with Gasteiger partial charge in [0.05, 0.1) is 23.4 Å². The second-order valence-corrected chi connectivity index (χ2v) is 9.30. The molecule has 0 radical (unpaired) electrons. The van der Waals surface area contributed by atoms with Gasteiger partial charge in [-0.1, -0.05) is 25.1 Å². The van der Waals surface area contributed by atoms with Crippen LogP contribution in [-0.2, 0) is 19.2 Å². The first-order chi connectivity index (χ1) is 15.9. The molecular formula is C26H26N2O5. The second kappa shape index (κ2) is 8.46. The molecule has 2 aromatic carbocycles. The lowest BCUT2D eigenvalue weighted by Crippen LogP contribution is -2.30. The van der Waals surface area contributed by atoms with E-state index in [-0.39, 0.29) is 42.5 Å². The van der Waals surface area contributed by atoms with E-state index in [4.69, 9.17) is 4.74 Å². The number of para-hydroxylation sites is 1. The SMILES string of the molecule is C[C@H]1CC[C@H]2C(=O)N(c3ccc(OC(=O)[C@@H]4CC(=O)N(c5ccccc5)C4)cc3)C(=O)[C@@H]2C1. The van der Waals surface area contributed by atoms with Gasteiger partial charge < -0.3 is 9.64 Å². The number of carbonyl (C=O) groups is 4. The molecule has 0 N–H and O–H groups in total. The van der Waals surface area contributed by atoms with E-state index in [0.29, 0.717) is 17.4 Å². The van der Waals surface area contributed by atoms with Gasteiger partial charge in [-0.05, 0) is 61.6 Å². The smallest absolute Gasteiger partial charge is 0.316 e. The van der Waals surface area contributed by atoms with Crippen molar-refractivity contribution >= 4 is 35.1 Å². The highest BCUT2D eigenvalue weighted by Crippen LogP contribution is 2.42. The molecule has 2 saturated heterocycles. The minimum Gasteiger partial charge on any atom is -0.426 e. The third-order valence-corrected chi connectivity index (χ3v) is 7.03. The Morgan fingerprint density at radius 1 is 0.879 bits per heavy atom. The molecule has 3 amide bonds. The first kappa shape index (κ1) is 21.4. The number of hydrogen-bond acceptors (Lipinski definition) is 5. The van der Waals surface area contributed by atoms with E-state index in [1.165, 1.54) is 4.90 Å². The summed E-state index contributed by atoms with van der Waals surface area (Å²) in [4.78, 5) is 53.7. The van der Waals surface area contributed by atoms with Crippen molar-refractivity contribution in [2.75, 3.05) is 16.3 Å². The minimum atomic E-state index is -0.552. The average molecular weight is 447 g/mol. The normalized spacial score (nSPS) is 27.1. The fourth-order valence-electron chi connectivity index (χ4n) is 5.23. The minimum absolute atomic E-state index is 0.101. The maximum absolute atomic E-state index is 12.9. The molecule has 0 spiro atoms. The molecule has 2 heterocycles. The number of benzene rings is 2. The molecule has 7 heteroatoms. The summed E-state index contributed by atoms with van der Waals surface area (Å²) in [7, 11) is 0. The molecule has 33 heavy (non-hydrogen) atoms. The molecule has 170 valence electrons. The molecule has 0 unspecified atom stereocenters. The van der Waals surface area contributed by atoms with Gasteiger partial charge in [0.15, 0.2) is 0 Å². The van der Waals surface area contributed by atoms with Gasteiger partial charge in [0, 0.05) is 18.7 Å². The molecule has 5 rings (SSSR count). The summed E-state index contributed by atoms with van der Waals surface area (Å²) >= 11 is 0. The predicted molar refractivity (Wildman–Crippen MR) is 121 cm³/mol. The number of imide groups is 1. The molecule has 7 nitrogen and oxygen atoms in total. The highest BCUT2D eigenvalue weighted by atomic mass is 16.5. The zero-order chi connectivity index (χ0) is 23.1. The monoisotopic (exact) mass is 446 g/mol. The van der Waals surface area contributed by atoms with Gasteiger partial charge in [-0.15, -0.1) is 0 Å². The number of esters is 1. The molecule has 4 atom stereocenters. The zero-order valence-electron chi connectivity index (χ0n) is 18.5. The second-order valence-electron chi connectivity index (χ2n) is 9.30. The Balaban J connectivity index is 1.24. The third-order valence-electron chi connectivity index (χ3n) is 7.03. The maximum atomic E-state index is 12.9. The van der Waals surface area contributed by atoms with Crippen LogP contribution >= 0.6 is 0 Å². The number of carbonyl (C=O) groups excluding carboxylic acids is 4.